The Labute approximate surface area is 128 Å². The Bertz CT molecular complexity index is 901. The van der Waals surface area contributed by atoms with E-state index < -0.39 is 12.7 Å². The van der Waals surface area contributed by atoms with Gasteiger partial charge in [-0.15, -0.1) is 0 Å². The molecule has 0 aromatic carbocycles. The van der Waals surface area contributed by atoms with Gasteiger partial charge in [-0.3, -0.25) is 4.68 Å². The van der Waals surface area contributed by atoms with Crippen LogP contribution in [0.15, 0.2) is 18.7 Å². The van der Waals surface area contributed by atoms with Crippen LogP contribution in [-0.4, -0.2) is 35.5 Å². The topological polar surface area (TPSA) is 65.8 Å². The van der Waals surface area contributed by atoms with Crippen LogP contribution in [0.5, 0.6) is 0 Å². The molecule has 3 rings (SSSR count). The second kappa shape index (κ2) is 5.35. The molecule has 0 amide bonds. The van der Waals surface area contributed by atoms with E-state index in [1.807, 2.05) is 6.92 Å². The van der Waals surface area contributed by atoms with Crippen LogP contribution in [0.1, 0.15) is 6.92 Å². The number of alkyl halides is 3. The summed E-state index contributed by atoms with van der Waals surface area (Å²) >= 11 is 0. The van der Waals surface area contributed by atoms with Gasteiger partial charge in [0.05, 0.1) is 11.8 Å². The first-order chi connectivity index (χ1) is 10.9. The number of imidazole rings is 1. The molecule has 0 spiro atoms. The maximum atomic E-state index is 12.4. The molecule has 0 unspecified atom stereocenters. The van der Waals surface area contributed by atoms with E-state index in [-0.39, 0.29) is 5.82 Å². The van der Waals surface area contributed by atoms with E-state index in [0.29, 0.717) is 29.1 Å². The zero-order valence-electron chi connectivity index (χ0n) is 12.0. The quantitative estimate of drug-likeness (QED) is 0.744. The number of halogens is 3. The average Bonchev–Trinajstić information content (AvgIpc) is 3.08. The predicted octanol–water partition coefficient (Wildman–Crippen LogP) is 2.87. The van der Waals surface area contributed by atoms with Crippen molar-refractivity contribution in [2.45, 2.75) is 26.2 Å². The van der Waals surface area contributed by atoms with Crippen LogP contribution in [0.4, 0.5) is 19.0 Å². The van der Waals surface area contributed by atoms with Crippen molar-refractivity contribution in [3.05, 3.63) is 23.6 Å². The number of hydrogen-bond acceptors (Lipinski definition) is 4. The van der Waals surface area contributed by atoms with Crippen molar-refractivity contribution >= 4 is 17.0 Å². The first-order valence-corrected chi connectivity index (χ1v) is 6.64. The Hall–Kier alpha value is -2.96. The van der Waals surface area contributed by atoms with Gasteiger partial charge in [0.15, 0.2) is 5.65 Å². The third-order valence-corrected chi connectivity index (χ3v) is 3.18. The van der Waals surface area contributed by atoms with Gasteiger partial charge in [0.2, 0.25) is 11.8 Å². The van der Waals surface area contributed by atoms with E-state index in [2.05, 4.69) is 24.9 Å². The van der Waals surface area contributed by atoms with Gasteiger partial charge in [-0.05, 0) is 11.9 Å². The molecule has 7 nitrogen and oxygen atoms in total. The standard InChI is InChI=1S/C13H11F3N7/c1-3-23-11(8-4-20-22(5-8)6-13(14,15)16)21-9-10(17-2)18-7-19-12(9)23/h2,4-5,7H,3,6H2,1H3/q+1. The minimum Gasteiger partial charge on any atom is -0.308 e. The number of aromatic nitrogens is 6. The fourth-order valence-electron chi connectivity index (χ4n) is 2.29. The lowest BCUT2D eigenvalue weighted by molar-refractivity contribution is -0.142. The molecule has 0 aliphatic carbocycles. The molecular weight excluding hydrogens is 311 g/mol. The largest absolute Gasteiger partial charge is 0.456 e. The maximum absolute atomic E-state index is 12.4. The molecule has 0 saturated heterocycles. The molecule has 0 N–H and O–H groups in total. The Balaban J connectivity index is 2.12. The smallest absolute Gasteiger partial charge is 0.308 e. The molecule has 0 bridgehead atoms. The lowest BCUT2D eigenvalue weighted by Gasteiger charge is -2.05. The second-order valence-electron chi connectivity index (χ2n) is 4.72. The number of aryl methyl sites for hydroxylation is 1. The Kier molecular flexibility index (Phi) is 3.48. The Morgan fingerprint density at radius 2 is 2.09 bits per heavy atom. The highest BCUT2D eigenvalue weighted by Gasteiger charge is 2.29. The molecule has 10 heteroatoms. The van der Waals surface area contributed by atoms with Crippen molar-refractivity contribution < 1.29 is 13.2 Å². The van der Waals surface area contributed by atoms with E-state index in [1.54, 1.807) is 4.57 Å². The van der Waals surface area contributed by atoms with Gasteiger partial charge in [0.25, 0.3) is 0 Å². The summed E-state index contributed by atoms with van der Waals surface area (Å²) in [5.74, 6) is 0.646. The number of hydrogen-bond donors (Lipinski definition) is 0. The van der Waals surface area contributed by atoms with Gasteiger partial charge < -0.3 is 4.57 Å². The second-order valence-corrected chi connectivity index (χ2v) is 4.72. The fraction of sp³-hybridized carbons (Fsp3) is 0.308. The maximum Gasteiger partial charge on any atom is 0.456 e. The van der Waals surface area contributed by atoms with Crippen LogP contribution < -0.4 is 0 Å². The number of rotatable bonds is 3. The molecule has 0 aliphatic heterocycles. The van der Waals surface area contributed by atoms with Crippen molar-refractivity contribution in [2.24, 2.45) is 0 Å². The normalized spacial score (nSPS) is 11.8. The summed E-state index contributed by atoms with van der Waals surface area (Å²) in [6.45, 7) is 6.49. The molecule has 3 heterocycles. The summed E-state index contributed by atoms with van der Waals surface area (Å²) < 4.78 is 39.9. The summed E-state index contributed by atoms with van der Waals surface area (Å²) in [5.41, 5.74) is 1.33. The van der Waals surface area contributed by atoms with Crippen LogP contribution in [-0.2, 0) is 13.1 Å². The minimum absolute atomic E-state index is 0.214. The van der Waals surface area contributed by atoms with Gasteiger partial charge in [-0.25, -0.2) is 4.98 Å². The summed E-state index contributed by atoms with van der Waals surface area (Å²) in [5, 5.41) is 3.73. The number of fused-ring (bicyclic) bond motifs is 1. The predicted molar refractivity (Wildman–Crippen MR) is 76.2 cm³/mol. The number of nitrogens with zero attached hydrogens (tertiary/aromatic N) is 7. The van der Waals surface area contributed by atoms with E-state index in [9.17, 15) is 13.2 Å². The van der Waals surface area contributed by atoms with Gasteiger partial charge in [0, 0.05) is 12.7 Å². The van der Waals surface area contributed by atoms with Crippen LogP contribution in [0.3, 0.4) is 0 Å². The average molecular weight is 322 g/mol. The minimum atomic E-state index is -4.34. The molecule has 0 aliphatic rings. The van der Waals surface area contributed by atoms with Gasteiger partial charge >= 0.3 is 12.0 Å². The van der Waals surface area contributed by atoms with Crippen molar-refractivity contribution in [3.63, 3.8) is 0 Å². The van der Waals surface area contributed by atoms with Crippen LogP contribution in [0, 0.1) is 6.57 Å². The SMILES string of the molecule is C#[N+]c1ncnc2c1nc(-c1cnn(CC(F)(F)F)c1)n2CC. The zero-order valence-corrected chi connectivity index (χ0v) is 12.0. The molecule has 0 fully saturated rings. The van der Waals surface area contributed by atoms with Gasteiger partial charge in [-0.1, -0.05) is 0 Å². The summed E-state index contributed by atoms with van der Waals surface area (Å²) in [6, 6.07) is 0. The lowest BCUT2D eigenvalue weighted by atomic mass is 10.3. The molecule has 0 saturated carbocycles. The van der Waals surface area contributed by atoms with E-state index in [1.165, 1.54) is 18.7 Å². The highest BCUT2D eigenvalue weighted by molar-refractivity contribution is 5.86. The molecule has 0 atom stereocenters. The van der Waals surface area contributed by atoms with E-state index in [4.69, 9.17) is 6.57 Å². The summed E-state index contributed by atoms with van der Waals surface area (Å²) in [4.78, 5) is 16.0. The molecule has 3 aromatic rings. The monoisotopic (exact) mass is 322 g/mol. The van der Waals surface area contributed by atoms with Crippen LogP contribution in [0.2, 0.25) is 0 Å². The highest BCUT2D eigenvalue weighted by Crippen LogP contribution is 2.28. The molecular formula is C13H11F3N7+. The molecule has 118 valence electrons. The third-order valence-electron chi connectivity index (χ3n) is 3.18. The van der Waals surface area contributed by atoms with Gasteiger partial charge in [0.1, 0.15) is 18.9 Å². The lowest BCUT2D eigenvalue weighted by Crippen LogP contribution is -2.17. The van der Waals surface area contributed by atoms with Crippen LogP contribution >= 0.6 is 0 Å². The summed E-state index contributed by atoms with van der Waals surface area (Å²) in [6.07, 6.45) is -0.427. The summed E-state index contributed by atoms with van der Waals surface area (Å²) in [7, 11) is 0. The molecule has 0 radical (unpaired) electrons. The zero-order chi connectivity index (χ0) is 16.6. The fourth-order valence-corrected chi connectivity index (χ4v) is 2.29. The van der Waals surface area contributed by atoms with Crippen molar-refractivity contribution in [1.82, 2.24) is 29.3 Å². The van der Waals surface area contributed by atoms with Gasteiger partial charge in [-0.2, -0.15) is 28.1 Å². The van der Waals surface area contributed by atoms with Crippen LogP contribution in [0.25, 0.3) is 27.4 Å². The first-order valence-electron chi connectivity index (χ1n) is 6.64. The van der Waals surface area contributed by atoms with E-state index in [0.717, 1.165) is 4.68 Å². The molecule has 23 heavy (non-hydrogen) atoms. The first kappa shape index (κ1) is 15.0. The third kappa shape index (κ3) is 2.73. The Morgan fingerprint density at radius 3 is 2.74 bits per heavy atom. The molecule has 3 aromatic heterocycles. The highest BCUT2D eigenvalue weighted by atomic mass is 19.4. The van der Waals surface area contributed by atoms with E-state index >= 15 is 0 Å². The van der Waals surface area contributed by atoms with Crippen molar-refractivity contribution in [3.8, 4) is 18.0 Å². The van der Waals surface area contributed by atoms with Crippen molar-refractivity contribution in [1.29, 1.82) is 0 Å². The Morgan fingerprint density at radius 1 is 1.30 bits per heavy atom. The van der Waals surface area contributed by atoms with Crippen molar-refractivity contribution in [2.75, 3.05) is 0 Å².